The fourth-order valence-corrected chi connectivity index (χ4v) is 4.45. The molecule has 4 aromatic rings. The van der Waals surface area contributed by atoms with Crippen LogP contribution in [0.25, 0.3) is 28.2 Å². The van der Waals surface area contributed by atoms with E-state index in [1.54, 1.807) is 9.30 Å². The number of benzene rings is 1. The summed E-state index contributed by atoms with van der Waals surface area (Å²) in [4.78, 5) is 22.2. The van der Waals surface area contributed by atoms with Crippen molar-refractivity contribution in [2.45, 2.75) is 19.4 Å². The Hall–Kier alpha value is -4.05. The highest BCUT2D eigenvalue weighted by atomic mass is 19.1. The Morgan fingerprint density at radius 2 is 2.00 bits per heavy atom. The van der Waals surface area contributed by atoms with Crippen LogP contribution in [0, 0.1) is 18.6 Å². The molecule has 5 rings (SSSR count). The number of pyridine rings is 2. The number of carbonyl (C=O) groups excluding carboxylic acids is 1. The minimum absolute atomic E-state index is 0.0448. The fraction of sp³-hybridized carbons (Fsp3) is 0.269. The van der Waals surface area contributed by atoms with Crippen LogP contribution in [0.1, 0.15) is 11.3 Å². The van der Waals surface area contributed by atoms with Gasteiger partial charge in [-0.2, -0.15) is 0 Å². The van der Waals surface area contributed by atoms with Crippen LogP contribution in [-0.2, 0) is 15.9 Å². The molecule has 1 aromatic carbocycles. The number of nitrogens with zero attached hydrogens (tertiary/aromatic N) is 4. The lowest BCUT2D eigenvalue weighted by atomic mass is 10.0. The van der Waals surface area contributed by atoms with Gasteiger partial charge >= 0.3 is 6.09 Å². The minimum atomic E-state index is -0.790. The van der Waals surface area contributed by atoms with E-state index in [4.69, 9.17) is 9.47 Å². The zero-order chi connectivity index (χ0) is 25.4. The third-order valence-corrected chi connectivity index (χ3v) is 6.20. The molecule has 0 aliphatic carbocycles. The van der Waals surface area contributed by atoms with E-state index in [9.17, 15) is 9.90 Å². The van der Waals surface area contributed by atoms with E-state index >= 15 is 8.78 Å². The van der Waals surface area contributed by atoms with Crippen molar-refractivity contribution < 1.29 is 28.2 Å². The molecule has 4 heterocycles. The number of morpholine rings is 1. The highest BCUT2D eigenvalue weighted by molar-refractivity contribution is 5.72. The highest BCUT2D eigenvalue weighted by Gasteiger charge is 2.29. The van der Waals surface area contributed by atoms with Gasteiger partial charge in [0.15, 0.2) is 0 Å². The first kappa shape index (κ1) is 23.7. The summed E-state index contributed by atoms with van der Waals surface area (Å²) in [6.07, 6.45) is 2.43. The van der Waals surface area contributed by atoms with Gasteiger partial charge in [-0.15, -0.1) is 0 Å². The molecule has 1 aliphatic heterocycles. The number of ether oxygens (including phenoxy) is 2. The Bertz CT molecular complexity index is 1420. The molecule has 0 saturated carbocycles. The lowest BCUT2D eigenvalue weighted by Gasteiger charge is -2.32. The summed E-state index contributed by atoms with van der Waals surface area (Å²) >= 11 is 0. The topological polar surface area (TPSA) is 89.2 Å². The predicted octanol–water partition coefficient (Wildman–Crippen LogP) is 4.37. The Labute approximate surface area is 205 Å². The zero-order valence-electron chi connectivity index (χ0n) is 19.7. The van der Waals surface area contributed by atoms with Gasteiger partial charge in [0.1, 0.15) is 23.0 Å². The van der Waals surface area contributed by atoms with Crippen molar-refractivity contribution >= 4 is 11.7 Å². The quantitative estimate of drug-likeness (QED) is 0.453. The summed E-state index contributed by atoms with van der Waals surface area (Å²) in [6.45, 7) is 2.91. The van der Waals surface area contributed by atoms with E-state index in [0.29, 0.717) is 30.2 Å². The molecule has 0 spiro atoms. The van der Waals surface area contributed by atoms with E-state index in [1.165, 1.54) is 37.6 Å². The first-order chi connectivity index (χ1) is 17.3. The van der Waals surface area contributed by atoms with Gasteiger partial charge in [0.25, 0.3) is 0 Å². The standard InChI is InChI=1S/C26H24F2N4O4/c1-15-5-6-32-22(12-18-14-31(7-8-36-18)26(34)35-2)25(30-23(32)9-15)24-19(27)10-16(11-20(24)28)21-4-3-17(33)13-29-21/h3-6,9-11,13,18,33H,7-8,12,14H2,1-2H3/t18-/m0/s1. The number of aromatic nitrogens is 3. The average molecular weight is 494 g/mol. The lowest BCUT2D eigenvalue weighted by molar-refractivity contribution is -0.0241. The van der Waals surface area contributed by atoms with Gasteiger partial charge in [-0.25, -0.2) is 18.6 Å². The molecule has 36 heavy (non-hydrogen) atoms. The Morgan fingerprint density at radius 3 is 2.69 bits per heavy atom. The largest absolute Gasteiger partial charge is 0.506 e. The van der Waals surface area contributed by atoms with Gasteiger partial charge in [-0.3, -0.25) is 4.98 Å². The number of hydrogen-bond donors (Lipinski definition) is 1. The maximum Gasteiger partial charge on any atom is 0.409 e. The molecule has 8 nitrogen and oxygen atoms in total. The normalized spacial score (nSPS) is 15.9. The summed E-state index contributed by atoms with van der Waals surface area (Å²) in [6, 6.07) is 9.00. The first-order valence-corrected chi connectivity index (χ1v) is 11.4. The third-order valence-electron chi connectivity index (χ3n) is 6.20. The van der Waals surface area contributed by atoms with Crippen LogP contribution in [0.2, 0.25) is 0 Å². The highest BCUT2D eigenvalue weighted by Crippen LogP contribution is 2.34. The monoisotopic (exact) mass is 494 g/mol. The van der Waals surface area contributed by atoms with Crippen molar-refractivity contribution in [1.82, 2.24) is 19.3 Å². The summed E-state index contributed by atoms with van der Waals surface area (Å²) in [5.41, 5.74) is 2.53. The number of imidazole rings is 1. The Balaban J connectivity index is 1.57. The van der Waals surface area contributed by atoms with Crippen molar-refractivity contribution in [2.24, 2.45) is 0 Å². The number of aryl methyl sites for hydroxylation is 1. The summed E-state index contributed by atoms with van der Waals surface area (Å²) in [7, 11) is 1.32. The first-order valence-electron chi connectivity index (χ1n) is 11.4. The average Bonchev–Trinajstić information content (AvgIpc) is 3.20. The van der Waals surface area contributed by atoms with Crippen LogP contribution >= 0.6 is 0 Å². The smallest absolute Gasteiger partial charge is 0.409 e. The Kier molecular flexibility index (Phi) is 6.27. The molecular weight excluding hydrogens is 470 g/mol. The van der Waals surface area contributed by atoms with Crippen LogP contribution in [0.4, 0.5) is 13.6 Å². The number of methoxy groups -OCH3 is 1. The van der Waals surface area contributed by atoms with Gasteiger partial charge in [-0.1, -0.05) is 0 Å². The van der Waals surface area contributed by atoms with Crippen molar-refractivity contribution in [1.29, 1.82) is 0 Å². The molecule has 186 valence electrons. The number of aromatic hydroxyl groups is 1. The predicted molar refractivity (Wildman–Crippen MR) is 128 cm³/mol. The van der Waals surface area contributed by atoms with Crippen LogP contribution in [0.3, 0.4) is 0 Å². The van der Waals surface area contributed by atoms with Crippen LogP contribution in [0.5, 0.6) is 5.75 Å². The van der Waals surface area contributed by atoms with Crippen molar-refractivity contribution in [3.8, 4) is 28.3 Å². The van der Waals surface area contributed by atoms with Gasteiger partial charge in [0.05, 0.1) is 55.2 Å². The number of rotatable bonds is 4. The molecule has 1 saturated heterocycles. The van der Waals surface area contributed by atoms with Gasteiger partial charge in [0, 0.05) is 24.7 Å². The number of hydrogen-bond acceptors (Lipinski definition) is 6. The maximum absolute atomic E-state index is 15.5. The molecule has 10 heteroatoms. The SMILES string of the molecule is COC(=O)N1CCO[C@@H](Cc2c(-c3c(F)cc(-c4ccc(O)cn4)cc3F)nc3cc(C)ccn23)C1. The Morgan fingerprint density at radius 1 is 1.22 bits per heavy atom. The molecule has 0 radical (unpaired) electrons. The fourth-order valence-electron chi connectivity index (χ4n) is 4.45. The molecule has 1 amide bonds. The van der Waals surface area contributed by atoms with Crippen LogP contribution in [0.15, 0.2) is 48.8 Å². The molecule has 1 aliphatic rings. The molecule has 0 bridgehead atoms. The van der Waals surface area contributed by atoms with Crippen LogP contribution in [-0.4, -0.2) is 63.4 Å². The molecule has 1 atom stereocenters. The second-order valence-electron chi connectivity index (χ2n) is 8.67. The number of amides is 1. The number of halogens is 2. The van der Waals surface area contributed by atoms with Crippen molar-refractivity contribution in [3.05, 3.63) is 71.7 Å². The van der Waals surface area contributed by atoms with Crippen LogP contribution < -0.4 is 0 Å². The summed E-state index contributed by atoms with van der Waals surface area (Å²) < 4.78 is 43.4. The zero-order valence-corrected chi connectivity index (χ0v) is 19.7. The maximum atomic E-state index is 15.5. The lowest BCUT2D eigenvalue weighted by Crippen LogP contribution is -2.46. The molecular formula is C26H24F2N4O4. The number of carbonyl (C=O) groups is 1. The van der Waals surface area contributed by atoms with Crippen molar-refractivity contribution in [3.63, 3.8) is 0 Å². The molecule has 3 aromatic heterocycles. The van der Waals surface area contributed by atoms with Gasteiger partial charge in [-0.05, 0) is 48.9 Å². The van der Waals surface area contributed by atoms with Gasteiger partial charge in [0.2, 0.25) is 0 Å². The summed E-state index contributed by atoms with van der Waals surface area (Å²) in [5.74, 6) is -1.62. The van der Waals surface area contributed by atoms with E-state index in [1.807, 2.05) is 25.3 Å². The van der Waals surface area contributed by atoms with E-state index in [2.05, 4.69) is 9.97 Å². The van der Waals surface area contributed by atoms with E-state index < -0.39 is 23.8 Å². The van der Waals surface area contributed by atoms with E-state index in [0.717, 1.165) is 5.56 Å². The second-order valence-corrected chi connectivity index (χ2v) is 8.67. The minimum Gasteiger partial charge on any atom is -0.506 e. The molecule has 1 fully saturated rings. The van der Waals surface area contributed by atoms with Crippen molar-refractivity contribution in [2.75, 3.05) is 26.8 Å². The number of fused-ring (bicyclic) bond motifs is 1. The molecule has 0 unspecified atom stereocenters. The molecule has 1 N–H and O–H groups in total. The third kappa shape index (κ3) is 4.47. The van der Waals surface area contributed by atoms with Gasteiger partial charge < -0.3 is 23.9 Å². The van der Waals surface area contributed by atoms with E-state index in [-0.39, 0.29) is 35.5 Å². The summed E-state index contributed by atoms with van der Waals surface area (Å²) in [5, 5.41) is 9.46. The second kappa shape index (κ2) is 9.54.